The largest absolute Gasteiger partial charge is 0.481 e. The molecule has 0 aliphatic carbocycles. The van der Waals surface area contributed by atoms with Gasteiger partial charge in [-0.2, -0.15) is 9.97 Å². The maximum atomic E-state index is 13.3. The van der Waals surface area contributed by atoms with Crippen molar-refractivity contribution in [2.75, 3.05) is 38.8 Å². The highest BCUT2D eigenvalue weighted by Crippen LogP contribution is 2.52. The van der Waals surface area contributed by atoms with Crippen LogP contribution in [0, 0.1) is 17.8 Å². The zero-order chi connectivity index (χ0) is 36.1. The Morgan fingerprint density at radius 1 is 1.06 bits per heavy atom. The Bertz CT molecular complexity index is 1920. The van der Waals surface area contributed by atoms with Crippen molar-refractivity contribution in [1.82, 2.24) is 19.5 Å². The van der Waals surface area contributed by atoms with Crippen molar-refractivity contribution in [2.24, 2.45) is 5.41 Å². The SMILES string of the molecule is C#CCOc1ccc(C(=O)c2ccc(C(=O)OCC3(C)C(O)[C@@H](COP(=O)(OCC)OCC)O[C@H]3n3cnc4c(N)nc(Cl)nc43)cc2)cc1. The lowest BCUT2D eigenvalue weighted by Crippen LogP contribution is -2.42. The van der Waals surface area contributed by atoms with Gasteiger partial charge in [0.15, 0.2) is 17.2 Å². The van der Waals surface area contributed by atoms with Gasteiger partial charge in [-0.05, 0) is 68.8 Å². The number of nitrogen functional groups attached to an aromatic ring is 1. The van der Waals surface area contributed by atoms with Crippen LogP contribution in [-0.4, -0.2) is 81.6 Å². The van der Waals surface area contributed by atoms with Crippen molar-refractivity contribution in [3.8, 4) is 18.1 Å². The lowest BCUT2D eigenvalue weighted by atomic mass is 9.83. The normalized spacial score (nSPS) is 20.4. The Morgan fingerprint density at radius 2 is 1.68 bits per heavy atom. The predicted molar refractivity (Wildman–Crippen MR) is 181 cm³/mol. The van der Waals surface area contributed by atoms with Crippen LogP contribution in [-0.2, 0) is 27.6 Å². The number of aliphatic hydroxyl groups excluding tert-OH is 1. The maximum Gasteiger partial charge on any atom is 0.474 e. The van der Waals surface area contributed by atoms with E-state index in [0.29, 0.717) is 16.9 Å². The number of rotatable bonds is 15. The van der Waals surface area contributed by atoms with Gasteiger partial charge in [0.05, 0.1) is 43.2 Å². The van der Waals surface area contributed by atoms with E-state index in [0.717, 1.165) is 0 Å². The summed E-state index contributed by atoms with van der Waals surface area (Å²) in [6.45, 7) is 4.32. The molecule has 50 heavy (non-hydrogen) atoms. The Labute approximate surface area is 292 Å². The number of aromatic nitrogens is 4. The smallest absolute Gasteiger partial charge is 0.474 e. The third kappa shape index (κ3) is 7.82. The van der Waals surface area contributed by atoms with E-state index in [9.17, 15) is 19.3 Å². The van der Waals surface area contributed by atoms with Crippen LogP contribution in [0.15, 0.2) is 54.9 Å². The van der Waals surface area contributed by atoms with Crippen molar-refractivity contribution >= 4 is 48.2 Å². The maximum absolute atomic E-state index is 13.3. The number of carbonyl (C=O) groups is 2. The molecule has 0 amide bonds. The summed E-state index contributed by atoms with van der Waals surface area (Å²) in [5, 5.41) is 11.5. The van der Waals surface area contributed by atoms with E-state index >= 15 is 0 Å². The van der Waals surface area contributed by atoms with E-state index in [1.165, 1.54) is 35.2 Å². The highest BCUT2D eigenvalue weighted by atomic mass is 35.5. The van der Waals surface area contributed by atoms with E-state index < -0.39 is 44.2 Å². The van der Waals surface area contributed by atoms with Gasteiger partial charge < -0.3 is 25.1 Å². The Morgan fingerprint density at radius 3 is 2.30 bits per heavy atom. The molecule has 0 bridgehead atoms. The topological polar surface area (TPSA) is 196 Å². The summed E-state index contributed by atoms with van der Waals surface area (Å²) in [5.74, 6) is 1.93. The number of benzene rings is 2. The highest BCUT2D eigenvalue weighted by Gasteiger charge is 2.56. The number of nitrogens with zero attached hydrogens (tertiary/aromatic N) is 4. The van der Waals surface area contributed by atoms with Crippen molar-refractivity contribution in [1.29, 1.82) is 0 Å². The monoisotopic (exact) mass is 727 g/mol. The van der Waals surface area contributed by atoms with Crippen molar-refractivity contribution in [2.45, 2.75) is 39.2 Å². The first kappa shape index (κ1) is 36.9. The van der Waals surface area contributed by atoms with Gasteiger partial charge in [-0.25, -0.2) is 14.3 Å². The average Bonchev–Trinajstić information content (AvgIpc) is 3.63. The summed E-state index contributed by atoms with van der Waals surface area (Å²) in [5.41, 5.74) is 5.99. The first-order valence-corrected chi connectivity index (χ1v) is 17.3. The molecule has 5 rings (SSSR count). The molecule has 0 radical (unpaired) electrons. The molecule has 2 aromatic carbocycles. The summed E-state index contributed by atoms with van der Waals surface area (Å²) < 4.78 is 47.7. The van der Waals surface area contributed by atoms with Crippen LogP contribution in [0.1, 0.15) is 53.3 Å². The quantitative estimate of drug-likeness (QED) is 0.0565. The van der Waals surface area contributed by atoms with E-state index in [1.54, 1.807) is 45.0 Å². The minimum absolute atomic E-state index is 0.0210. The van der Waals surface area contributed by atoms with Crippen LogP contribution in [0.4, 0.5) is 5.82 Å². The molecule has 2 aromatic heterocycles. The molecule has 15 nitrogen and oxygen atoms in total. The lowest BCUT2D eigenvalue weighted by molar-refractivity contribution is -0.0636. The molecule has 4 atom stereocenters. The molecule has 1 fully saturated rings. The number of ketones is 1. The number of esters is 1. The zero-order valence-corrected chi connectivity index (χ0v) is 29.0. The van der Waals surface area contributed by atoms with E-state index in [1.807, 2.05) is 0 Å². The number of terminal acetylenes is 1. The number of anilines is 1. The summed E-state index contributed by atoms with van der Waals surface area (Å²) in [6, 6.07) is 12.4. The van der Waals surface area contributed by atoms with Gasteiger partial charge in [0, 0.05) is 11.1 Å². The number of carbonyl (C=O) groups excluding carboxylic acids is 2. The molecule has 0 saturated carbocycles. The summed E-state index contributed by atoms with van der Waals surface area (Å²) in [7, 11) is -3.97. The number of halogens is 1. The summed E-state index contributed by atoms with van der Waals surface area (Å²) in [4.78, 5) is 38.8. The van der Waals surface area contributed by atoms with Crippen LogP contribution in [0.5, 0.6) is 5.75 Å². The molecular formula is C33H35ClN5O10P. The van der Waals surface area contributed by atoms with Gasteiger partial charge >= 0.3 is 13.8 Å². The third-order valence-corrected chi connectivity index (χ3v) is 9.66. The minimum atomic E-state index is -3.97. The second kappa shape index (κ2) is 15.7. The van der Waals surface area contributed by atoms with Gasteiger partial charge in [-0.3, -0.25) is 22.9 Å². The van der Waals surface area contributed by atoms with Gasteiger partial charge in [-0.15, -0.1) is 6.42 Å². The number of imidazole rings is 1. The van der Waals surface area contributed by atoms with Crippen LogP contribution < -0.4 is 10.5 Å². The number of phosphoric acid groups is 1. The van der Waals surface area contributed by atoms with Crippen LogP contribution >= 0.6 is 19.4 Å². The highest BCUT2D eigenvalue weighted by molar-refractivity contribution is 7.48. The number of hydrogen-bond donors (Lipinski definition) is 2. The van der Waals surface area contributed by atoms with Gasteiger partial charge in [0.25, 0.3) is 0 Å². The molecule has 3 N–H and O–H groups in total. The van der Waals surface area contributed by atoms with Crippen LogP contribution in [0.3, 0.4) is 0 Å². The Hall–Kier alpha value is -4.39. The Balaban J connectivity index is 1.35. The van der Waals surface area contributed by atoms with E-state index in [2.05, 4.69) is 20.9 Å². The molecule has 0 spiro atoms. The number of phosphoric ester groups is 1. The van der Waals surface area contributed by atoms with Crippen LogP contribution in [0.25, 0.3) is 11.2 Å². The third-order valence-electron chi connectivity index (χ3n) is 7.88. The summed E-state index contributed by atoms with van der Waals surface area (Å²) in [6.07, 6.45) is 3.06. The average molecular weight is 728 g/mol. The molecule has 1 aliphatic heterocycles. The molecule has 2 unspecified atom stereocenters. The number of nitrogens with two attached hydrogens (primary N) is 1. The zero-order valence-electron chi connectivity index (χ0n) is 27.4. The predicted octanol–water partition coefficient (Wildman–Crippen LogP) is 4.62. The minimum Gasteiger partial charge on any atom is -0.481 e. The van der Waals surface area contributed by atoms with Gasteiger partial charge in [0.2, 0.25) is 5.28 Å². The fourth-order valence-corrected chi connectivity index (χ4v) is 6.72. The molecule has 17 heteroatoms. The molecule has 264 valence electrons. The van der Waals surface area contributed by atoms with Crippen molar-refractivity contribution in [3.05, 3.63) is 76.8 Å². The first-order valence-electron chi connectivity index (χ1n) is 15.4. The van der Waals surface area contributed by atoms with E-state index in [4.69, 9.17) is 51.5 Å². The van der Waals surface area contributed by atoms with Crippen LogP contribution in [0.2, 0.25) is 5.28 Å². The lowest BCUT2D eigenvalue weighted by Gasteiger charge is -2.32. The van der Waals surface area contributed by atoms with E-state index in [-0.39, 0.29) is 60.0 Å². The number of hydrogen-bond acceptors (Lipinski definition) is 14. The fourth-order valence-electron chi connectivity index (χ4n) is 5.37. The number of fused-ring (bicyclic) bond motifs is 1. The van der Waals surface area contributed by atoms with Crippen molar-refractivity contribution < 1.29 is 47.0 Å². The first-order chi connectivity index (χ1) is 23.9. The molecule has 1 saturated heterocycles. The molecule has 1 aliphatic rings. The van der Waals surface area contributed by atoms with Crippen molar-refractivity contribution in [3.63, 3.8) is 0 Å². The molecule has 3 heterocycles. The standard InChI is InChI=1S/C33H35ClN5O10P/c1-5-16-44-23-14-12-21(13-15-23)26(40)20-8-10-22(11-9-20)30(42)45-18-33(4)27(41)24(17-48-50(43,46-6-2)47-7-3)49-31(33)39-19-36-25-28(35)37-32(34)38-29(25)39/h1,8-15,19,24,27,31,41H,6-7,16-18H2,2-4H3,(H2,35,37,38)/t24-,27?,31-,33?/m1/s1. The second-order valence-corrected chi connectivity index (χ2v) is 13.3. The summed E-state index contributed by atoms with van der Waals surface area (Å²) >= 11 is 6.09. The Kier molecular flexibility index (Phi) is 11.5. The second-order valence-electron chi connectivity index (χ2n) is 11.3. The number of ether oxygens (including phenoxy) is 3. The molecule has 4 aromatic rings. The van der Waals surface area contributed by atoms with Gasteiger partial charge in [0.1, 0.15) is 36.8 Å². The van der Waals surface area contributed by atoms with Gasteiger partial charge in [-0.1, -0.05) is 18.1 Å². The number of aliphatic hydroxyl groups is 1. The fraction of sp³-hybridized carbons (Fsp3) is 0.364. The molecular weight excluding hydrogens is 693 g/mol.